The van der Waals surface area contributed by atoms with Gasteiger partial charge in [0, 0.05) is 24.0 Å². The molecular formula is C21H24O2. The minimum Gasteiger partial charge on any atom is -0.462 e. The molecule has 0 saturated carbocycles. The van der Waals surface area contributed by atoms with E-state index in [-0.39, 0.29) is 5.41 Å². The van der Waals surface area contributed by atoms with Crippen molar-refractivity contribution in [2.75, 3.05) is 6.61 Å². The van der Waals surface area contributed by atoms with E-state index in [1.165, 1.54) is 0 Å². The Bertz CT molecular complexity index is 674. The van der Waals surface area contributed by atoms with Gasteiger partial charge in [0.25, 0.3) is 0 Å². The van der Waals surface area contributed by atoms with Crippen LogP contribution in [-0.2, 0) is 15.3 Å². The van der Waals surface area contributed by atoms with Crippen molar-refractivity contribution in [1.29, 1.82) is 0 Å². The maximum atomic E-state index is 6.43. The Labute approximate surface area is 138 Å². The minimum atomic E-state index is -0.694. The van der Waals surface area contributed by atoms with Crippen molar-refractivity contribution in [3.05, 3.63) is 77.5 Å². The lowest BCUT2D eigenvalue weighted by Crippen LogP contribution is -2.29. The summed E-state index contributed by atoms with van der Waals surface area (Å²) in [6, 6.07) is 20.5. The predicted molar refractivity (Wildman–Crippen MR) is 93.6 cm³/mol. The van der Waals surface area contributed by atoms with E-state index in [0.717, 1.165) is 23.3 Å². The summed E-state index contributed by atoms with van der Waals surface area (Å²) in [7, 11) is 0. The van der Waals surface area contributed by atoms with Crippen LogP contribution in [0.4, 0.5) is 0 Å². The lowest BCUT2D eigenvalue weighted by Gasteiger charge is -2.29. The van der Waals surface area contributed by atoms with Gasteiger partial charge < -0.3 is 9.47 Å². The molecule has 3 rings (SSSR count). The summed E-state index contributed by atoms with van der Waals surface area (Å²) in [5.74, 6) is 0.279. The van der Waals surface area contributed by atoms with Crippen molar-refractivity contribution in [3.63, 3.8) is 0 Å². The SMILES string of the molecule is CCOC1(c2ccccc2)CC(C)(C)/C(=C/c2ccccc2)O1. The van der Waals surface area contributed by atoms with Gasteiger partial charge in [0.2, 0.25) is 5.79 Å². The molecule has 1 heterocycles. The Balaban J connectivity index is 2.01. The summed E-state index contributed by atoms with van der Waals surface area (Å²) >= 11 is 0. The second-order valence-corrected chi connectivity index (χ2v) is 6.63. The highest BCUT2D eigenvalue weighted by atomic mass is 16.7. The van der Waals surface area contributed by atoms with E-state index in [2.05, 4.69) is 44.2 Å². The number of hydrogen-bond donors (Lipinski definition) is 0. The van der Waals surface area contributed by atoms with Gasteiger partial charge >= 0.3 is 0 Å². The van der Waals surface area contributed by atoms with Crippen LogP contribution in [0, 0.1) is 5.41 Å². The molecular weight excluding hydrogens is 284 g/mol. The maximum Gasteiger partial charge on any atom is 0.237 e. The molecule has 1 atom stereocenters. The number of rotatable bonds is 4. The van der Waals surface area contributed by atoms with Crippen LogP contribution in [0.1, 0.15) is 38.3 Å². The van der Waals surface area contributed by atoms with Gasteiger partial charge in [-0.15, -0.1) is 0 Å². The average molecular weight is 308 g/mol. The molecule has 23 heavy (non-hydrogen) atoms. The van der Waals surface area contributed by atoms with Crippen LogP contribution < -0.4 is 0 Å². The topological polar surface area (TPSA) is 18.5 Å². The summed E-state index contributed by atoms with van der Waals surface area (Å²) in [5.41, 5.74) is 2.14. The lowest BCUT2D eigenvalue weighted by molar-refractivity contribution is -0.202. The molecule has 2 nitrogen and oxygen atoms in total. The van der Waals surface area contributed by atoms with Crippen LogP contribution in [0.25, 0.3) is 6.08 Å². The van der Waals surface area contributed by atoms with E-state index in [4.69, 9.17) is 9.47 Å². The van der Waals surface area contributed by atoms with Gasteiger partial charge in [-0.2, -0.15) is 0 Å². The monoisotopic (exact) mass is 308 g/mol. The third-order valence-electron chi connectivity index (χ3n) is 4.30. The number of ether oxygens (including phenoxy) is 2. The fourth-order valence-corrected chi connectivity index (χ4v) is 3.20. The first-order valence-electron chi connectivity index (χ1n) is 8.21. The van der Waals surface area contributed by atoms with Crippen LogP contribution in [-0.4, -0.2) is 6.61 Å². The van der Waals surface area contributed by atoms with Gasteiger partial charge in [-0.1, -0.05) is 74.5 Å². The zero-order chi connectivity index (χ0) is 16.3. The summed E-state index contributed by atoms with van der Waals surface area (Å²) in [5, 5.41) is 0. The van der Waals surface area contributed by atoms with E-state index in [0.29, 0.717) is 6.61 Å². The molecule has 1 fully saturated rings. The van der Waals surface area contributed by atoms with Crippen molar-refractivity contribution >= 4 is 6.08 Å². The molecule has 2 aromatic rings. The summed E-state index contributed by atoms with van der Waals surface area (Å²) < 4.78 is 12.6. The van der Waals surface area contributed by atoms with Crippen LogP contribution in [0.3, 0.4) is 0 Å². The molecule has 1 unspecified atom stereocenters. The van der Waals surface area contributed by atoms with Crippen LogP contribution in [0.5, 0.6) is 0 Å². The molecule has 0 radical (unpaired) electrons. The lowest BCUT2D eigenvalue weighted by atomic mass is 9.84. The van der Waals surface area contributed by atoms with Crippen LogP contribution in [0.2, 0.25) is 0 Å². The first kappa shape index (κ1) is 15.8. The zero-order valence-electron chi connectivity index (χ0n) is 14.1. The van der Waals surface area contributed by atoms with E-state index in [9.17, 15) is 0 Å². The molecule has 1 aliphatic heterocycles. The smallest absolute Gasteiger partial charge is 0.237 e. The van der Waals surface area contributed by atoms with Gasteiger partial charge in [0.15, 0.2) is 0 Å². The number of allylic oxidation sites excluding steroid dienone is 1. The molecule has 2 heteroatoms. The maximum absolute atomic E-state index is 6.43. The molecule has 0 spiro atoms. The quantitative estimate of drug-likeness (QED) is 0.756. The first-order valence-corrected chi connectivity index (χ1v) is 8.21. The Kier molecular flexibility index (Phi) is 4.27. The Hall–Kier alpha value is -2.06. The number of hydrogen-bond acceptors (Lipinski definition) is 2. The van der Waals surface area contributed by atoms with E-state index in [1.807, 2.05) is 43.3 Å². The average Bonchev–Trinajstić information content (AvgIpc) is 2.81. The molecule has 120 valence electrons. The molecule has 2 aromatic carbocycles. The molecule has 0 bridgehead atoms. The number of benzene rings is 2. The largest absolute Gasteiger partial charge is 0.462 e. The van der Waals surface area contributed by atoms with Gasteiger partial charge in [-0.05, 0) is 18.6 Å². The minimum absolute atomic E-state index is 0.0825. The Morgan fingerprint density at radius 1 is 1.00 bits per heavy atom. The highest BCUT2D eigenvalue weighted by molar-refractivity contribution is 5.53. The van der Waals surface area contributed by atoms with Crippen LogP contribution in [0.15, 0.2) is 66.4 Å². The molecule has 1 aliphatic rings. The van der Waals surface area contributed by atoms with E-state index in [1.54, 1.807) is 0 Å². The van der Waals surface area contributed by atoms with Crippen molar-refractivity contribution in [2.45, 2.75) is 33.0 Å². The molecule has 0 aliphatic carbocycles. The summed E-state index contributed by atoms with van der Waals surface area (Å²) in [6.07, 6.45) is 2.93. The third kappa shape index (κ3) is 3.18. The van der Waals surface area contributed by atoms with Gasteiger partial charge in [0.05, 0.1) is 0 Å². The van der Waals surface area contributed by atoms with Crippen molar-refractivity contribution < 1.29 is 9.47 Å². The predicted octanol–water partition coefficient (Wildman–Crippen LogP) is 5.36. The zero-order valence-corrected chi connectivity index (χ0v) is 14.1. The normalized spacial score (nSPS) is 24.6. The Morgan fingerprint density at radius 2 is 1.61 bits per heavy atom. The van der Waals surface area contributed by atoms with E-state index >= 15 is 0 Å². The highest BCUT2D eigenvalue weighted by Gasteiger charge is 2.50. The molecule has 0 aromatic heterocycles. The van der Waals surface area contributed by atoms with Crippen molar-refractivity contribution in [2.24, 2.45) is 5.41 Å². The Morgan fingerprint density at radius 3 is 2.22 bits per heavy atom. The van der Waals surface area contributed by atoms with Crippen LogP contribution >= 0.6 is 0 Å². The first-order chi connectivity index (χ1) is 11.1. The summed E-state index contributed by atoms with van der Waals surface area (Å²) in [4.78, 5) is 0. The van der Waals surface area contributed by atoms with Crippen molar-refractivity contribution in [1.82, 2.24) is 0 Å². The van der Waals surface area contributed by atoms with E-state index < -0.39 is 5.79 Å². The second-order valence-electron chi connectivity index (χ2n) is 6.63. The molecule has 1 saturated heterocycles. The second kappa shape index (κ2) is 6.21. The highest BCUT2D eigenvalue weighted by Crippen LogP contribution is 2.52. The van der Waals surface area contributed by atoms with Gasteiger partial charge in [-0.3, -0.25) is 0 Å². The standard InChI is InChI=1S/C21H24O2/c1-4-22-21(18-13-9-6-10-14-18)16-20(2,3)19(23-21)15-17-11-7-5-8-12-17/h5-15H,4,16H2,1-3H3/b19-15-. The summed E-state index contributed by atoms with van der Waals surface area (Å²) in [6.45, 7) is 7.06. The fraction of sp³-hybridized carbons (Fsp3) is 0.333. The molecule has 0 N–H and O–H groups in total. The fourth-order valence-electron chi connectivity index (χ4n) is 3.20. The third-order valence-corrected chi connectivity index (χ3v) is 4.30. The van der Waals surface area contributed by atoms with Crippen molar-refractivity contribution in [3.8, 4) is 0 Å². The van der Waals surface area contributed by atoms with Gasteiger partial charge in [0.1, 0.15) is 5.76 Å². The van der Waals surface area contributed by atoms with Gasteiger partial charge in [-0.25, -0.2) is 0 Å². The molecule has 0 amide bonds.